The summed E-state index contributed by atoms with van der Waals surface area (Å²) < 4.78 is 11.7. The summed E-state index contributed by atoms with van der Waals surface area (Å²) in [5.74, 6) is 0.773. The highest BCUT2D eigenvalue weighted by Gasteiger charge is 2.43. The van der Waals surface area contributed by atoms with Crippen LogP contribution in [0.25, 0.3) is 0 Å². The molecule has 0 saturated carbocycles. The van der Waals surface area contributed by atoms with Crippen LogP contribution in [0.2, 0.25) is 0 Å². The van der Waals surface area contributed by atoms with Crippen LogP contribution in [0.5, 0.6) is 0 Å². The van der Waals surface area contributed by atoms with E-state index < -0.39 is 0 Å². The lowest BCUT2D eigenvalue weighted by Crippen LogP contribution is -2.48. The van der Waals surface area contributed by atoms with Crippen LogP contribution in [0.3, 0.4) is 0 Å². The van der Waals surface area contributed by atoms with Crippen molar-refractivity contribution in [1.29, 1.82) is 0 Å². The molecule has 3 heteroatoms. The van der Waals surface area contributed by atoms with Crippen LogP contribution < -0.4 is 5.32 Å². The second kappa shape index (κ2) is 7.43. The van der Waals surface area contributed by atoms with E-state index in [9.17, 15) is 0 Å². The molecule has 21 heavy (non-hydrogen) atoms. The molecule has 0 radical (unpaired) electrons. The Labute approximate surface area is 131 Å². The Kier molecular flexibility index (Phi) is 6.10. The Hall–Kier alpha value is -0.120. The monoisotopic (exact) mass is 297 g/mol. The second-order valence-corrected chi connectivity index (χ2v) is 7.88. The minimum Gasteiger partial charge on any atom is -0.381 e. The van der Waals surface area contributed by atoms with Crippen LogP contribution >= 0.6 is 0 Å². The highest BCUT2D eigenvalue weighted by Crippen LogP contribution is 2.45. The van der Waals surface area contributed by atoms with Crippen LogP contribution in [0.15, 0.2) is 0 Å². The highest BCUT2D eigenvalue weighted by molar-refractivity contribution is 4.94. The highest BCUT2D eigenvalue weighted by atomic mass is 16.5. The number of hydrogen-bond donors (Lipinski definition) is 1. The van der Waals surface area contributed by atoms with Gasteiger partial charge in [0, 0.05) is 25.9 Å². The molecular formula is C18H35NO2. The number of hydrogen-bond acceptors (Lipinski definition) is 3. The zero-order valence-corrected chi connectivity index (χ0v) is 14.5. The van der Waals surface area contributed by atoms with Crippen LogP contribution in [0.1, 0.15) is 66.2 Å². The Bertz CT molecular complexity index is 305. The van der Waals surface area contributed by atoms with E-state index in [-0.39, 0.29) is 5.60 Å². The van der Waals surface area contributed by atoms with Crippen molar-refractivity contribution >= 4 is 0 Å². The van der Waals surface area contributed by atoms with Gasteiger partial charge in [0.15, 0.2) is 0 Å². The molecule has 2 heterocycles. The lowest BCUT2D eigenvalue weighted by Gasteiger charge is -2.48. The summed E-state index contributed by atoms with van der Waals surface area (Å²) in [5, 5.41) is 3.65. The average molecular weight is 297 g/mol. The first-order valence-electron chi connectivity index (χ1n) is 8.92. The summed E-state index contributed by atoms with van der Waals surface area (Å²) in [4.78, 5) is 0. The SMILES string of the molecule is CCCNC(C)CC(C)(C)C1CCOC2(CCOCC2)C1. The van der Waals surface area contributed by atoms with Gasteiger partial charge in [-0.15, -0.1) is 0 Å². The molecule has 0 aromatic heterocycles. The van der Waals surface area contributed by atoms with Crippen LogP contribution in [-0.2, 0) is 9.47 Å². The minimum atomic E-state index is 0.124. The molecule has 0 amide bonds. The third-order valence-corrected chi connectivity index (χ3v) is 5.58. The van der Waals surface area contributed by atoms with Crippen molar-refractivity contribution in [2.24, 2.45) is 11.3 Å². The lowest BCUT2D eigenvalue weighted by molar-refractivity contribution is -0.160. The molecule has 2 unspecified atom stereocenters. The van der Waals surface area contributed by atoms with Gasteiger partial charge in [0.2, 0.25) is 0 Å². The fourth-order valence-electron chi connectivity index (χ4n) is 4.21. The molecule has 2 rings (SSSR count). The van der Waals surface area contributed by atoms with Crippen molar-refractivity contribution in [3.05, 3.63) is 0 Å². The summed E-state index contributed by atoms with van der Waals surface area (Å²) in [6.45, 7) is 13.3. The van der Waals surface area contributed by atoms with Gasteiger partial charge < -0.3 is 14.8 Å². The van der Waals surface area contributed by atoms with Gasteiger partial charge in [-0.3, -0.25) is 0 Å². The molecule has 2 aliphatic rings. The van der Waals surface area contributed by atoms with Gasteiger partial charge in [-0.05, 0) is 63.3 Å². The van der Waals surface area contributed by atoms with Crippen molar-refractivity contribution in [3.63, 3.8) is 0 Å². The van der Waals surface area contributed by atoms with Crippen molar-refractivity contribution < 1.29 is 9.47 Å². The Morgan fingerprint density at radius 3 is 2.62 bits per heavy atom. The van der Waals surface area contributed by atoms with E-state index in [2.05, 4.69) is 33.0 Å². The van der Waals surface area contributed by atoms with Crippen molar-refractivity contribution in [1.82, 2.24) is 5.32 Å². The zero-order chi connectivity index (χ0) is 15.3. The van der Waals surface area contributed by atoms with Gasteiger partial charge in [0.1, 0.15) is 0 Å². The van der Waals surface area contributed by atoms with E-state index >= 15 is 0 Å². The third kappa shape index (κ3) is 4.67. The van der Waals surface area contributed by atoms with E-state index in [0.29, 0.717) is 11.5 Å². The Morgan fingerprint density at radius 1 is 1.24 bits per heavy atom. The quantitative estimate of drug-likeness (QED) is 0.809. The molecule has 3 nitrogen and oxygen atoms in total. The number of ether oxygens (including phenoxy) is 2. The van der Waals surface area contributed by atoms with Crippen molar-refractivity contribution in [2.45, 2.75) is 77.9 Å². The van der Waals surface area contributed by atoms with Gasteiger partial charge in [0.25, 0.3) is 0 Å². The van der Waals surface area contributed by atoms with E-state index in [4.69, 9.17) is 9.47 Å². The fraction of sp³-hybridized carbons (Fsp3) is 1.00. The zero-order valence-electron chi connectivity index (χ0n) is 14.5. The van der Waals surface area contributed by atoms with Crippen molar-refractivity contribution in [3.8, 4) is 0 Å². The molecule has 0 aromatic carbocycles. The van der Waals surface area contributed by atoms with Gasteiger partial charge >= 0.3 is 0 Å². The number of rotatable bonds is 6. The van der Waals surface area contributed by atoms with Gasteiger partial charge in [-0.2, -0.15) is 0 Å². The summed E-state index contributed by atoms with van der Waals surface area (Å²) >= 11 is 0. The van der Waals surface area contributed by atoms with Gasteiger partial charge in [-0.25, -0.2) is 0 Å². The predicted molar refractivity (Wildman–Crippen MR) is 87.6 cm³/mol. The minimum absolute atomic E-state index is 0.124. The first kappa shape index (κ1) is 17.2. The largest absolute Gasteiger partial charge is 0.381 e. The molecule has 1 spiro atoms. The van der Waals surface area contributed by atoms with Gasteiger partial charge in [-0.1, -0.05) is 20.8 Å². The average Bonchev–Trinajstić information content (AvgIpc) is 2.45. The molecule has 0 aliphatic carbocycles. The molecule has 2 fully saturated rings. The molecular weight excluding hydrogens is 262 g/mol. The van der Waals surface area contributed by atoms with Crippen LogP contribution in [0, 0.1) is 11.3 Å². The maximum absolute atomic E-state index is 6.21. The van der Waals surface area contributed by atoms with E-state index in [1.807, 2.05) is 0 Å². The van der Waals surface area contributed by atoms with Crippen molar-refractivity contribution in [2.75, 3.05) is 26.4 Å². The maximum atomic E-state index is 6.21. The second-order valence-electron chi connectivity index (χ2n) is 7.88. The van der Waals surface area contributed by atoms with Crippen LogP contribution in [-0.4, -0.2) is 38.0 Å². The molecule has 124 valence electrons. The van der Waals surface area contributed by atoms with Gasteiger partial charge in [0.05, 0.1) is 5.60 Å². The molecule has 1 N–H and O–H groups in total. The summed E-state index contributed by atoms with van der Waals surface area (Å²) in [6, 6.07) is 0.605. The molecule has 2 aliphatic heterocycles. The standard InChI is InChI=1S/C18H35NO2/c1-5-9-19-15(2)13-17(3,4)16-6-10-21-18(14-16)7-11-20-12-8-18/h15-16,19H,5-14H2,1-4H3. The van der Waals surface area contributed by atoms with E-state index in [1.54, 1.807) is 0 Å². The summed E-state index contributed by atoms with van der Waals surface area (Å²) in [5.41, 5.74) is 0.508. The first-order valence-corrected chi connectivity index (χ1v) is 8.92. The van der Waals surface area contributed by atoms with E-state index in [1.165, 1.54) is 25.7 Å². The lowest BCUT2D eigenvalue weighted by atomic mass is 9.66. The number of nitrogens with one attached hydrogen (secondary N) is 1. The Morgan fingerprint density at radius 2 is 1.95 bits per heavy atom. The molecule has 0 aromatic rings. The molecule has 2 saturated heterocycles. The topological polar surface area (TPSA) is 30.5 Å². The fourth-order valence-corrected chi connectivity index (χ4v) is 4.21. The van der Waals surface area contributed by atoms with E-state index in [0.717, 1.165) is 45.1 Å². The maximum Gasteiger partial charge on any atom is 0.0729 e. The molecule has 2 atom stereocenters. The van der Waals surface area contributed by atoms with Crippen LogP contribution in [0.4, 0.5) is 0 Å². The smallest absolute Gasteiger partial charge is 0.0729 e. The predicted octanol–water partition coefficient (Wildman–Crippen LogP) is 3.77. The summed E-state index contributed by atoms with van der Waals surface area (Å²) in [6.07, 6.45) is 7.09. The third-order valence-electron chi connectivity index (χ3n) is 5.58. The molecule has 0 bridgehead atoms. The first-order chi connectivity index (χ1) is 9.97. The normalized spacial score (nSPS) is 27.7. The Balaban J connectivity index is 1.92. The summed E-state index contributed by atoms with van der Waals surface area (Å²) in [7, 11) is 0.